The summed E-state index contributed by atoms with van der Waals surface area (Å²) < 4.78 is 7.73. The number of anilines is 1. The van der Waals surface area contributed by atoms with Gasteiger partial charge in [-0.15, -0.1) is 0 Å². The van der Waals surface area contributed by atoms with E-state index in [1.165, 1.54) is 61.7 Å². The van der Waals surface area contributed by atoms with E-state index in [0.29, 0.717) is 0 Å². The second-order valence-corrected chi connectivity index (χ2v) is 10.1. The van der Waals surface area contributed by atoms with Gasteiger partial charge < -0.3 is 9.30 Å². The molecule has 3 aromatic rings. The molecule has 0 N–H and O–H groups in total. The van der Waals surface area contributed by atoms with Crippen LogP contribution in [0, 0.1) is 5.92 Å². The summed E-state index contributed by atoms with van der Waals surface area (Å²) in [6, 6.07) is 15.2. The van der Waals surface area contributed by atoms with Crippen molar-refractivity contribution in [2.45, 2.75) is 69.9 Å². The van der Waals surface area contributed by atoms with Crippen LogP contribution in [0.15, 0.2) is 42.5 Å². The molecule has 166 valence electrons. The van der Waals surface area contributed by atoms with Gasteiger partial charge in [-0.1, -0.05) is 30.3 Å². The molecule has 2 fully saturated rings. The maximum Gasteiger partial charge on any atom is 0.414 e. The molecule has 6 rings (SSSR count). The first kappa shape index (κ1) is 19.8. The Morgan fingerprint density at radius 1 is 1.12 bits per heavy atom. The molecule has 32 heavy (non-hydrogen) atoms. The van der Waals surface area contributed by atoms with Crippen molar-refractivity contribution in [3.63, 3.8) is 0 Å². The van der Waals surface area contributed by atoms with Crippen LogP contribution in [0.1, 0.15) is 62.4 Å². The van der Waals surface area contributed by atoms with Gasteiger partial charge in [0.2, 0.25) is 0 Å². The Balaban J connectivity index is 1.55. The van der Waals surface area contributed by atoms with Crippen molar-refractivity contribution < 1.29 is 9.53 Å². The van der Waals surface area contributed by atoms with Crippen LogP contribution in [-0.4, -0.2) is 28.8 Å². The van der Waals surface area contributed by atoms with E-state index >= 15 is 0 Å². The Morgan fingerprint density at radius 3 is 2.59 bits per heavy atom. The fraction of sp³-hybridized carbons (Fsp3) is 0.481. The minimum absolute atomic E-state index is 0.127. The second-order valence-electron chi connectivity index (χ2n) is 10.1. The van der Waals surface area contributed by atoms with Crippen LogP contribution in [0.3, 0.4) is 0 Å². The standard InChI is InChI=1S/C27H31N3O2/c1-18-8-9-21-22(29(18)26(31)32-2)10-11-23-25(21)28-24(16-19-6-4-3-5-7-19)30(23)27-14-12-20(17-27)13-15-27/h3-7,10-11,18,20H,8-9,12-17H2,1-2H3/t18-,20?,27?/m0/s1. The van der Waals surface area contributed by atoms with E-state index in [-0.39, 0.29) is 17.7 Å². The van der Waals surface area contributed by atoms with Crippen molar-refractivity contribution in [2.24, 2.45) is 5.92 Å². The van der Waals surface area contributed by atoms with E-state index in [9.17, 15) is 4.79 Å². The topological polar surface area (TPSA) is 47.4 Å². The number of amides is 1. The first-order valence-corrected chi connectivity index (χ1v) is 12.0. The summed E-state index contributed by atoms with van der Waals surface area (Å²) in [5.74, 6) is 2.04. The highest BCUT2D eigenvalue weighted by molar-refractivity contribution is 5.95. The van der Waals surface area contributed by atoms with E-state index in [1.807, 2.05) is 4.90 Å². The molecule has 5 nitrogen and oxygen atoms in total. The summed E-state index contributed by atoms with van der Waals surface area (Å²) in [5.41, 5.74) is 6.00. The molecule has 2 aromatic carbocycles. The van der Waals surface area contributed by atoms with Gasteiger partial charge in [-0.2, -0.15) is 0 Å². The van der Waals surface area contributed by atoms with Crippen molar-refractivity contribution in [2.75, 3.05) is 12.0 Å². The molecule has 0 radical (unpaired) electrons. The molecule has 2 aliphatic carbocycles. The summed E-state index contributed by atoms with van der Waals surface area (Å²) in [4.78, 5) is 19.7. The third kappa shape index (κ3) is 2.90. The number of imidazole rings is 1. The van der Waals surface area contributed by atoms with Gasteiger partial charge in [0, 0.05) is 23.6 Å². The third-order valence-electron chi connectivity index (χ3n) is 8.24. The molecule has 2 bridgehead atoms. The van der Waals surface area contributed by atoms with Crippen LogP contribution in [0.4, 0.5) is 10.5 Å². The predicted octanol–water partition coefficient (Wildman–Crippen LogP) is 5.82. The summed E-state index contributed by atoms with van der Waals surface area (Å²) in [5, 5.41) is 0. The van der Waals surface area contributed by atoms with Gasteiger partial charge in [0.25, 0.3) is 0 Å². The quantitative estimate of drug-likeness (QED) is 0.527. The number of fused-ring (bicyclic) bond motifs is 5. The van der Waals surface area contributed by atoms with Crippen LogP contribution in [0.2, 0.25) is 0 Å². The Bertz CT molecular complexity index is 1170. The molecule has 3 aliphatic rings. The molecule has 2 saturated carbocycles. The number of carbonyl (C=O) groups is 1. The molecular formula is C27H31N3O2. The zero-order valence-corrected chi connectivity index (χ0v) is 19.0. The molecule has 0 unspecified atom stereocenters. The molecule has 0 spiro atoms. The van der Waals surface area contributed by atoms with Crippen LogP contribution in [0.5, 0.6) is 0 Å². The lowest BCUT2D eigenvalue weighted by atomic mass is 9.92. The minimum Gasteiger partial charge on any atom is -0.452 e. The predicted molar refractivity (Wildman–Crippen MR) is 126 cm³/mol. The van der Waals surface area contributed by atoms with Gasteiger partial charge in [0.15, 0.2) is 0 Å². The fourth-order valence-corrected chi connectivity index (χ4v) is 6.71. The van der Waals surface area contributed by atoms with Crippen LogP contribution in [-0.2, 0) is 23.1 Å². The molecule has 1 atom stereocenters. The first-order valence-electron chi connectivity index (χ1n) is 12.0. The molecular weight excluding hydrogens is 398 g/mol. The number of carbonyl (C=O) groups excluding carboxylic acids is 1. The van der Waals surface area contributed by atoms with E-state index in [1.54, 1.807) is 0 Å². The number of methoxy groups -OCH3 is 1. The number of nitrogens with zero attached hydrogens (tertiary/aromatic N) is 3. The first-order chi connectivity index (χ1) is 15.6. The lowest BCUT2D eigenvalue weighted by Crippen LogP contribution is -2.42. The molecule has 5 heteroatoms. The fourth-order valence-electron chi connectivity index (χ4n) is 6.71. The number of rotatable bonds is 3. The van der Waals surface area contributed by atoms with E-state index < -0.39 is 0 Å². The highest BCUT2D eigenvalue weighted by Crippen LogP contribution is 2.54. The Labute approximate surface area is 189 Å². The van der Waals surface area contributed by atoms with E-state index in [0.717, 1.165) is 36.4 Å². The highest BCUT2D eigenvalue weighted by atomic mass is 16.5. The van der Waals surface area contributed by atoms with Crippen molar-refractivity contribution in [3.8, 4) is 0 Å². The smallest absolute Gasteiger partial charge is 0.414 e. The van der Waals surface area contributed by atoms with Gasteiger partial charge in [0.05, 0.1) is 23.8 Å². The normalized spacial score (nSPS) is 26.5. The summed E-state index contributed by atoms with van der Waals surface area (Å²) in [6.07, 6.45) is 8.90. The number of hydrogen-bond donors (Lipinski definition) is 0. The summed E-state index contributed by atoms with van der Waals surface area (Å²) >= 11 is 0. The number of aromatic nitrogens is 2. The summed E-state index contributed by atoms with van der Waals surface area (Å²) in [7, 11) is 1.46. The van der Waals surface area contributed by atoms with Crippen molar-refractivity contribution in [1.82, 2.24) is 9.55 Å². The maximum atomic E-state index is 12.6. The number of aryl methyl sites for hydroxylation is 1. The Morgan fingerprint density at radius 2 is 1.91 bits per heavy atom. The highest BCUT2D eigenvalue weighted by Gasteiger charge is 2.48. The van der Waals surface area contributed by atoms with Crippen LogP contribution < -0.4 is 4.90 Å². The van der Waals surface area contributed by atoms with Gasteiger partial charge >= 0.3 is 6.09 Å². The van der Waals surface area contributed by atoms with E-state index in [4.69, 9.17) is 9.72 Å². The monoisotopic (exact) mass is 429 g/mol. The number of benzene rings is 2. The summed E-state index contributed by atoms with van der Waals surface area (Å²) in [6.45, 7) is 2.10. The van der Waals surface area contributed by atoms with Crippen molar-refractivity contribution in [3.05, 3.63) is 59.4 Å². The molecule has 2 heterocycles. The zero-order valence-electron chi connectivity index (χ0n) is 19.0. The molecule has 1 aliphatic heterocycles. The zero-order chi connectivity index (χ0) is 21.9. The Kier molecular flexibility index (Phi) is 4.56. The SMILES string of the molecule is COC(=O)N1c2ccc3c(nc(Cc4ccccc4)n3C34CCC(CC3)C4)c2CC[C@@H]1C. The van der Waals surface area contributed by atoms with Crippen LogP contribution >= 0.6 is 0 Å². The second kappa shape index (κ2) is 7.36. The molecule has 1 aromatic heterocycles. The third-order valence-corrected chi connectivity index (χ3v) is 8.24. The van der Waals surface area contributed by atoms with Crippen molar-refractivity contribution in [1.29, 1.82) is 0 Å². The number of ether oxygens (including phenoxy) is 1. The Hall–Kier alpha value is -2.82. The average molecular weight is 430 g/mol. The minimum atomic E-state index is -0.283. The average Bonchev–Trinajstić information content (AvgIpc) is 3.52. The molecule has 0 saturated heterocycles. The van der Waals surface area contributed by atoms with Crippen LogP contribution in [0.25, 0.3) is 11.0 Å². The lowest BCUT2D eigenvalue weighted by Gasteiger charge is -2.34. The van der Waals surface area contributed by atoms with Gasteiger partial charge in [-0.3, -0.25) is 4.90 Å². The lowest BCUT2D eigenvalue weighted by molar-refractivity contribution is 0.175. The number of hydrogen-bond acceptors (Lipinski definition) is 3. The van der Waals surface area contributed by atoms with Gasteiger partial charge in [-0.05, 0) is 75.5 Å². The van der Waals surface area contributed by atoms with Crippen molar-refractivity contribution >= 4 is 22.8 Å². The maximum absolute atomic E-state index is 12.6. The van der Waals surface area contributed by atoms with Gasteiger partial charge in [0.1, 0.15) is 5.82 Å². The van der Waals surface area contributed by atoms with E-state index in [2.05, 4.69) is 54.0 Å². The largest absolute Gasteiger partial charge is 0.452 e. The van der Waals surface area contributed by atoms with Gasteiger partial charge in [-0.25, -0.2) is 9.78 Å². The molecule has 1 amide bonds.